The fraction of sp³-hybridized carbons (Fsp3) is 0.529. The average Bonchev–Trinajstić information content (AvgIpc) is 3.05. The van der Waals surface area contributed by atoms with Crippen LogP contribution in [-0.2, 0) is 4.74 Å². The van der Waals surface area contributed by atoms with Gasteiger partial charge in [-0.3, -0.25) is 0 Å². The number of rotatable bonds is 2. The fourth-order valence-corrected chi connectivity index (χ4v) is 4.21. The van der Waals surface area contributed by atoms with Crippen molar-refractivity contribution in [1.82, 2.24) is 19.9 Å². The minimum Gasteiger partial charge on any atom is -0.444 e. The number of thiazole rings is 1. The number of piperidine rings is 1. The maximum Gasteiger partial charge on any atom is 0.410 e. The third kappa shape index (κ3) is 4.64. The molecule has 0 spiro atoms. The van der Waals surface area contributed by atoms with E-state index in [4.69, 9.17) is 27.9 Å². The number of hydrogen-bond donors (Lipinski definition) is 0. The number of carbonyl (C=O) groups is 1. The highest BCUT2D eigenvalue weighted by molar-refractivity contribution is 7.15. The predicted molar refractivity (Wildman–Crippen MR) is 103 cm³/mol. The molecule has 2 aromatic rings. The highest BCUT2D eigenvalue weighted by Gasteiger charge is 2.29. The van der Waals surface area contributed by atoms with E-state index in [9.17, 15) is 4.79 Å². The van der Waals surface area contributed by atoms with Crippen LogP contribution < -0.4 is 0 Å². The average molecular weight is 415 g/mol. The lowest BCUT2D eigenvalue weighted by atomic mass is 9.98. The van der Waals surface area contributed by atoms with Crippen molar-refractivity contribution in [2.24, 2.45) is 0 Å². The van der Waals surface area contributed by atoms with Gasteiger partial charge in [-0.25, -0.2) is 19.7 Å². The number of likely N-dealkylation sites (tertiary alicyclic amines) is 1. The van der Waals surface area contributed by atoms with Gasteiger partial charge in [0.25, 0.3) is 0 Å². The summed E-state index contributed by atoms with van der Waals surface area (Å²) in [6, 6.07) is 0. The van der Waals surface area contributed by atoms with Crippen LogP contribution in [0.2, 0.25) is 10.3 Å². The largest absolute Gasteiger partial charge is 0.444 e. The molecule has 1 aliphatic rings. The van der Waals surface area contributed by atoms with E-state index < -0.39 is 5.60 Å². The van der Waals surface area contributed by atoms with Crippen molar-refractivity contribution in [3.05, 3.63) is 27.7 Å². The molecule has 6 nitrogen and oxygen atoms in total. The van der Waals surface area contributed by atoms with Crippen LogP contribution in [0.15, 0.2) is 12.4 Å². The number of halogens is 2. The molecular weight excluding hydrogens is 395 g/mol. The third-order valence-electron chi connectivity index (χ3n) is 3.97. The van der Waals surface area contributed by atoms with E-state index in [0.717, 1.165) is 22.7 Å². The Balaban J connectivity index is 1.65. The van der Waals surface area contributed by atoms with Gasteiger partial charge in [-0.15, -0.1) is 11.3 Å². The molecular formula is C17H20Cl2N4O2S. The van der Waals surface area contributed by atoms with Gasteiger partial charge in [-0.05, 0) is 45.2 Å². The SMILES string of the molecule is CC(C)(C)OC(=O)N1CCC(c2ncc(-c3nc(Cl)ncc3Cl)s2)CC1. The summed E-state index contributed by atoms with van der Waals surface area (Å²) in [5, 5.41) is 1.63. The molecule has 0 aliphatic carbocycles. The van der Waals surface area contributed by atoms with Crippen LogP contribution >= 0.6 is 34.5 Å². The molecule has 1 saturated heterocycles. The molecule has 0 unspecified atom stereocenters. The van der Waals surface area contributed by atoms with Crippen LogP contribution in [-0.4, -0.2) is 44.6 Å². The lowest BCUT2D eigenvalue weighted by Gasteiger charge is -2.32. The Kier molecular flexibility index (Phi) is 5.69. The predicted octanol–water partition coefficient (Wildman–Crippen LogP) is 5.02. The maximum absolute atomic E-state index is 12.2. The van der Waals surface area contributed by atoms with E-state index in [1.54, 1.807) is 22.4 Å². The summed E-state index contributed by atoms with van der Waals surface area (Å²) in [6.45, 7) is 6.95. The van der Waals surface area contributed by atoms with Crippen molar-refractivity contribution in [2.75, 3.05) is 13.1 Å². The summed E-state index contributed by atoms with van der Waals surface area (Å²) in [6.07, 6.45) is 4.71. The molecule has 0 aromatic carbocycles. The summed E-state index contributed by atoms with van der Waals surface area (Å²) in [5.74, 6) is 0.309. The van der Waals surface area contributed by atoms with E-state index in [2.05, 4.69) is 15.0 Å². The van der Waals surface area contributed by atoms with Gasteiger partial charge < -0.3 is 9.64 Å². The topological polar surface area (TPSA) is 68.2 Å². The standard InChI is InChI=1S/C17H20Cl2N4O2S/c1-17(2,3)25-16(24)23-6-4-10(5-7-23)14-20-9-12(26-14)13-11(18)8-21-15(19)22-13/h8-10H,4-7H2,1-3H3. The third-order valence-corrected chi connectivity index (χ3v) is 5.59. The Hall–Kier alpha value is -1.44. The highest BCUT2D eigenvalue weighted by atomic mass is 35.5. The zero-order valence-corrected chi connectivity index (χ0v) is 17.2. The van der Waals surface area contributed by atoms with Crippen molar-refractivity contribution in [3.63, 3.8) is 0 Å². The summed E-state index contributed by atoms with van der Waals surface area (Å²) in [7, 11) is 0. The highest BCUT2D eigenvalue weighted by Crippen LogP contribution is 2.36. The van der Waals surface area contributed by atoms with Gasteiger partial charge in [-0.1, -0.05) is 11.6 Å². The number of hydrogen-bond acceptors (Lipinski definition) is 6. The first-order chi connectivity index (χ1) is 12.2. The van der Waals surface area contributed by atoms with E-state index in [1.165, 1.54) is 6.20 Å². The summed E-state index contributed by atoms with van der Waals surface area (Å²) in [4.78, 5) is 27.4. The Bertz CT molecular complexity index is 798. The van der Waals surface area contributed by atoms with Gasteiger partial charge in [0.05, 0.1) is 21.1 Å². The number of carbonyl (C=O) groups excluding carboxylic acids is 1. The summed E-state index contributed by atoms with van der Waals surface area (Å²) < 4.78 is 5.44. The first-order valence-corrected chi connectivity index (χ1v) is 9.92. The van der Waals surface area contributed by atoms with Gasteiger partial charge in [0, 0.05) is 25.2 Å². The molecule has 0 radical (unpaired) electrons. The molecule has 0 atom stereocenters. The molecule has 0 saturated carbocycles. The number of aromatic nitrogens is 3. The van der Waals surface area contributed by atoms with Crippen LogP contribution in [0.1, 0.15) is 44.5 Å². The first kappa shape index (κ1) is 19.3. The molecule has 3 rings (SSSR count). The van der Waals surface area contributed by atoms with E-state index in [1.807, 2.05) is 20.8 Å². The van der Waals surface area contributed by atoms with Crippen LogP contribution in [0.3, 0.4) is 0 Å². The summed E-state index contributed by atoms with van der Waals surface area (Å²) >= 11 is 13.6. The van der Waals surface area contributed by atoms with E-state index in [-0.39, 0.29) is 11.4 Å². The number of ether oxygens (including phenoxy) is 1. The lowest BCUT2D eigenvalue weighted by Crippen LogP contribution is -2.41. The van der Waals surface area contributed by atoms with Crippen LogP contribution in [0.25, 0.3) is 10.6 Å². The van der Waals surface area contributed by atoms with Crippen LogP contribution in [0.5, 0.6) is 0 Å². The van der Waals surface area contributed by atoms with Crippen molar-refractivity contribution in [3.8, 4) is 10.6 Å². The molecule has 0 N–H and O–H groups in total. The molecule has 26 heavy (non-hydrogen) atoms. The number of nitrogens with zero attached hydrogens (tertiary/aromatic N) is 4. The van der Waals surface area contributed by atoms with Crippen molar-refractivity contribution < 1.29 is 9.53 Å². The second kappa shape index (κ2) is 7.66. The van der Waals surface area contributed by atoms with Crippen molar-refractivity contribution >= 4 is 40.6 Å². The quantitative estimate of drug-likeness (QED) is 0.645. The van der Waals surface area contributed by atoms with Gasteiger partial charge in [0.15, 0.2) is 0 Å². The molecule has 1 aliphatic heterocycles. The first-order valence-electron chi connectivity index (χ1n) is 8.35. The minimum atomic E-state index is -0.476. The Morgan fingerprint density at radius 2 is 1.92 bits per heavy atom. The van der Waals surface area contributed by atoms with Crippen molar-refractivity contribution in [1.29, 1.82) is 0 Å². The fourth-order valence-electron chi connectivity index (χ4n) is 2.74. The molecule has 3 heterocycles. The smallest absolute Gasteiger partial charge is 0.410 e. The number of amides is 1. The maximum atomic E-state index is 12.2. The van der Waals surface area contributed by atoms with Gasteiger partial charge in [0.2, 0.25) is 5.28 Å². The normalized spacial score (nSPS) is 16.0. The van der Waals surface area contributed by atoms with Crippen LogP contribution in [0, 0.1) is 0 Å². The molecule has 1 amide bonds. The van der Waals surface area contributed by atoms with Gasteiger partial charge in [-0.2, -0.15) is 0 Å². The zero-order valence-electron chi connectivity index (χ0n) is 14.8. The minimum absolute atomic E-state index is 0.157. The van der Waals surface area contributed by atoms with Crippen LogP contribution in [0.4, 0.5) is 4.79 Å². The molecule has 0 bridgehead atoms. The monoisotopic (exact) mass is 414 g/mol. The van der Waals surface area contributed by atoms with Gasteiger partial charge in [0.1, 0.15) is 11.3 Å². The molecule has 140 valence electrons. The molecule has 2 aromatic heterocycles. The second-order valence-electron chi connectivity index (χ2n) is 7.14. The second-order valence-corrected chi connectivity index (χ2v) is 8.95. The van der Waals surface area contributed by atoms with E-state index >= 15 is 0 Å². The van der Waals surface area contributed by atoms with Gasteiger partial charge >= 0.3 is 6.09 Å². The Labute approximate surface area is 166 Å². The Morgan fingerprint density at radius 3 is 2.58 bits per heavy atom. The van der Waals surface area contributed by atoms with Crippen molar-refractivity contribution in [2.45, 2.75) is 45.1 Å². The Morgan fingerprint density at radius 1 is 1.23 bits per heavy atom. The lowest BCUT2D eigenvalue weighted by molar-refractivity contribution is 0.0205. The zero-order chi connectivity index (χ0) is 18.9. The van der Waals surface area contributed by atoms with E-state index in [0.29, 0.717) is 29.7 Å². The molecule has 1 fully saturated rings. The molecule has 9 heteroatoms. The summed E-state index contributed by atoms with van der Waals surface area (Å²) in [5.41, 5.74) is 0.123.